The molecule has 0 unspecified atom stereocenters. The fraction of sp³-hybridized carbons (Fsp3) is 0.217. The summed E-state index contributed by atoms with van der Waals surface area (Å²) in [7, 11) is 0. The van der Waals surface area contributed by atoms with Gasteiger partial charge < -0.3 is 10.6 Å². The van der Waals surface area contributed by atoms with Crippen molar-refractivity contribution in [2.75, 3.05) is 18.0 Å². The van der Waals surface area contributed by atoms with Crippen LogP contribution in [0, 0.1) is 0 Å². The molecule has 0 aliphatic carbocycles. The molecule has 0 radical (unpaired) electrons. The Morgan fingerprint density at radius 3 is 2.61 bits per heavy atom. The van der Waals surface area contributed by atoms with Crippen molar-refractivity contribution in [1.29, 1.82) is 0 Å². The van der Waals surface area contributed by atoms with E-state index in [-0.39, 0.29) is 0 Å². The van der Waals surface area contributed by atoms with E-state index < -0.39 is 0 Å². The molecular weight excluding hydrogens is 346 g/mol. The van der Waals surface area contributed by atoms with Gasteiger partial charge in [-0.05, 0) is 59.9 Å². The van der Waals surface area contributed by atoms with Crippen LogP contribution in [0.15, 0.2) is 67.1 Å². The van der Waals surface area contributed by atoms with Crippen LogP contribution in [-0.2, 0) is 6.54 Å². The maximum Gasteiger partial charge on any atom is 0.137 e. The minimum absolute atomic E-state index is 0.547. The second-order valence-corrected chi connectivity index (χ2v) is 7.29. The van der Waals surface area contributed by atoms with Crippen molar-refractivity contribution in [2.45, 2.75) is 19.4 Å². The standard InChI is InChI=1S/C23H23N5/c24-15-17-4-3-5-18(12-17)19-7-11-28-21(16-26-23(28)13-19)20-6-8-25-22(14-20)27-9-1-2-10-27/h3-8,11-14,16H,1-2,9-10,15,24H2. The van der Waals surface area contributed by atoms with E-state index in [2.05, 4.69) is 74.0 Å². The Labute approximate surface area is 164 Å². The van der Waals surface area contributed by atoms with Crippen molar-refractivity contribution >= 4 is 11.5 Å². The summed E-state index contributed by atoms with van der Waals surface area (Å²) in [6.45, 7) is 2.73. The molecule has 1 saturated heterocycles. The first-order valence-corrected chi connectivity index (χ1v) is 9.80. The maximum atomic E-state index is 5.79. The van der Waals surface area contributed by atoms with Gasteiger partial charge in [0.15, 0.2) is 0 Å². The molecule has 140 valence electrons. The Bertz CT molecular complexity index is 1120. The topological polar surface area (TPSA) is 59.5 Å². The second kappa shape index (κ2) is 7.09. The molecule has 4 aromatic rings. The first-order chi connectivity index (χ1) is 13.8. The Hall–Kier alpha value is -3.18. The number of hydrogen-bond donors (Lipinski definition) is 1. The number of nitrogens with zero attached hydrogens (tertiary/aromatic N) is 4. The number of benzene rings is 1. The minimum Gasteiger partial charge on any atom is -0.357 e. The predicted octanol–water partition coefficient (Wildman–Crippen LogP) is 4.12. The molecular formula is C23H23N5. The molecule has 3 aromatic heterocycles. The lowest BCUT2D eigenvalue weighted by atomic mass is 10.0. The zero-order chi connectivity index (χ0) is 18.9. The van der Waals surface area contributed by atoms with Crippen LogP contribution in [-0.4, -0.2) is 27.5 Å². The molecule has 5 heteroatoms. The highest BCUT2D eigenvalue weighted by atomic mass is 15.2. The Morgan fingerprint density at radius 1 is 0.893 bits per heavy atom. The van der Waals surface area contributed by atoms with E-state index in [1.54, 1.807) is 0 Å². The molecule has 1 aliphatic rings. The van der Waals surface area contributed by atoms with Crippen LogP contribution < -0.4 is 10.6 Å². The van der Waals surface area contributed by atoms with Crippen molar-refractivity contribution < 1.29 is 0 Å². The molecule has 1 aromatic carbocycles. The largest absolute Gasteiger partial charge is 0.357 e. The normalized spacial score (nSPS) is 14.1. The molecule has 5 rings (SSSR count). The van der Waals surface area contributed by atoms with Gasteiger partial charge in [-0.2, -0.15) is 0 Å². The Morgan fingerprint density at radius 2 is 1.75 bits per heavy atom. The van der Waals surface area contributed by atoms with E-state index in [1.165, 1.54) is 12.8 Å². The highest BCUT2D eigenvalue weighted by Crippen LogP contribution is 2.28. The smallest absolute Gasteiger partial charge is 0.137 e. The predicted molar refractivity (Wildman–Crippen MR) is 113 cm³/mol. The van der Waals surface area contributed by atoms with Gasteiger partial charge in [-0.1, -0.05) is 18.2 Å². The van der Waals surface area contributed by atoms with E-state index in [4.69, 9.17) is 5.73 Å². The molecule has 28 heavy (non-hydrogen) atoms. The molecule has 4 heterocycles. The number of pyridine rings is 2. The third-order valence-corrected chi connectivity index (χ3v) is 5.48. The van der Waals surface area contributed by atoms with E-state index in [0.717, 1.165) is 52.5 Å². The first kappa shape index (κ1) is 17.0. The van der Waals surface area contributed by atoms with Crippen molar-refractivity contribution in [1.82, 2.24) is 14.4 Å². The number of nitrogens with two attached hydrogens (primary N) is 1. The molecule has 0 bridgehead atoms. The number of anilines is 1. The lowest BCUT2D eigenvalue weighted by Gasteiger charge is -2.16. The van der Waals surface area contributed by atoms with Gasteiger partial charge in [-0.15, -0.1) is 0 Å². The maximum absolute atomic E-state index is 5.79. The monoisotopic (exact) mass is 369 g/mol. The van der Waals surface area contributed by atoms with Crippen molar-refractivity contribution in [3.05, 3.63) is 72.7 Å². The zero-order valence-corrected chi connectivity index (χ0v) is 15.8. The number of rotatable bonds is 4. The summed E-state index contributed by atoms with van der Waals surface area (Å²) in [5, 5.41) is 0. The molecule has 0 amide bonds. The summed E-state index contributed by atoms with van der Waals surface area (Å²) >= 11 is 0. The third-order valence-electron chi connectivity index (χ3n) is 5.48. The number of hydrogen-bond acceptors (Lipinski definition) is 4. The molecule has 2 N–H and O–H groups in total. The first-order valence-electron chi connectivity index (χ1n) is 9.80. The molecule has 5 nitrogen and oxygen atoms in total. The van der Waals surface area contributed by atoms with Crippen LogP contribution in [0.5, 0.6) is 0 Å². The molecule has 1 fully saturated rings. The van der Waals surface area contributed by atoms with Crippen LogP contribution in [0.25, 0.3) is 28.0 Å². The number of imidazole rings is 1. The summed E-state index contributed by atoms with van der Waals surface area (Å²) in [4.78, 5) is 11.6. The van der Waals surface area contributed by atoms with Gasteiger partial charge in [-0.25, -0.2) is 9.97 Å². The van der Waals surface area contributed by atoms with Crippen LogP contribution in [0.2, 0.25) is 0 Å². The molecule has 0 spiro atoms. The second-order valence-electron chi connectivity index (χ2n) is 7.29. The van der Waals surface area contributed by atoms with E-state index in [0.29, 0.717) is 6.54 Å². The number of aromatic nitrogens is 3. The molecule has 1 aliphatic heterocycles. The third kappa shape index (κ3) is 3.04. The number of fused-ring (bicyclic) bond motifs is 1. The summed E-state index contributed by atoms with van der Waals surface area (Å²) in [6, 6.07) is 16.8. The van der Waals surface area contributed by atoms with E-state index in [1.807, 2.05) is 12.4 Å². The molecule has 0 atom stereocenters. The van der Waals surface area contributed by atoms with Gasteiger partial charge in [0.2, 0.25) is 0 Å². The quantitative estimate of drug-likeness (QED) is 0.588. The average Bonchev–Trinajstić information content (AvgIpc) is 3.43. The van der Waals surface area contributed by atoms with E-state index in [9.17, 15) is 0 Å². The van der Waals surface area contributed by atoms with Crippen molar-refractivity contribution in [3.63, 3.8) is 0 Å². The fourth-order valence-corrected chi connectivity index (χ4v) is 3.95. The summed E-state index contributed by atoms with van der Waals surface area (Å²) in [5.74, 6) is 1.06. The lowest BCUT2D eigenvalue weighted by Crippen LogP contribution is -2.18. The lowest BCUT2D eigenvalue weighted by molar-refractivity contribution is 0.938. The summed E-state index contributed by atoms with van der Waals surface area (Å²) in [6.07, 6.45) is 8.43. The Balaban J connectivity index is 1.52. The highest BCUT2D eigenvalue weighted by molar-refractivity contribution is 5.72. The summed E-state index contributed by atoms with van der Waals surface area (Å²) in [5.41, 5.74) is 12.4. The van der Waals surface area contributed by atoms with Gasteiger partial charge >= 0.3 is 0 Å². The van der Waals surface area contributed by atoms with E-state index >= 15 is 0 Å². The van der Waals surface area contributed by atoms with Gasteiger partial charge in [0.25, 0.3) is 0 Å². The highest BCUT2D eigenvalue weighted by Gasteiger charge is 2.15. The van der Waals surface area contributed by atoms with Crippen molar-refractivity contribution in [3.8, 4) is 22.4 Å². The molecule has 0 saturated carbocycles. The SMILES string of the molecule is NCc1cccc(-c2ccn3c(-c4ccnc(N5CCCC5)c4)cnc3c2)c1. The van der Waals surface area contributed by atoms with Crippen molar-refractivity contribution in [2.24, 2.45) is 5.73 Å². The summed E-state index contributed by atoms with van der Waals surface area (Å²) < 4.78 is 2.14. The fourth-order valence-electron chi connectivity index (χ4n) is 3.95. The van der Waals surface area contributed by atoms with Gasteiger partial charge in [-0.3, -0.25) is 4.40 Å². The van der Waals surface area contributed by atoms with Crippen LogP contribution in [0.4, 0.5) is 5.82 Å². The minimum atomic E-state index is 0.547. The average molecular weight is 369 g/mol. The van der Waals surface area contributed by atoms with Crippen LogP contribution in [0.3, 0.4) is 0 Å². The van der Waals surface area contributed by atoms with Gasteiger partial charge in [0.1, 0.15) is 11.5 Å². The van der Waals surface area contributed by atoms with Gasteiger partial charge in [0, 0.05) is 37.6 Å². The van der Waals surface area contributed by atoms with Crippen LogP contribution >= 0.6 is 0 Å². The Kier molecular flexibility index (Phi) is 4.29. The van der Waals surface area contributed by atoms with Gasteiger partial charge in [0.05, 0.1) is 11.9 Å². The van der Waals surface area contributed by atoms with Crippen LogP contribution in [0.1, 0.15) is 18.4 Å². The zero-order valence-electron chi connectivity index (χ0n) is 15.8.